The highest BCUT2D eigenvalue weighted by molar-refractivity contribution is 5.91. The van der Waals surface area contributed by atoms with Crippen molar-refractivity contribution in [2.75, 3.05) is 13.1 Å². The number of amides is 1. The van der Waals surface area contributed by atoms with Gasteiger partial charge in [-0.2, -0.15) is 0 Å². The van der Waals surface area contributed by atoms with E-state index in [9.17, 15) is 9.59 Å². The average Bonchev–Trinajstić information content (AvgIpc) is 3.23. The van der Waals surface area contributed by atoms with E-state index < -0.39 is 0 Å². The zero-order valence-electron chi connectivity index (χ0n) is 15.6. The van der Waals surface area contributed by atoms with Gasteiger partial charge in [-0.15, -0.1) is 0 Å². The van der Waals surface area contributed by atoms with Gasteiger partial charge in [-0.05, 0) is 49.3 Å². The van der Waals surface area contributed by atoms with Gasteiger partial charge in [0.25, 0.3) is 11.5 Å². The van der Waals surface area contributed by atoms with Gasteiger partial charge in [0.1, 0.15) is 0 Å². The van der Waals surface area contributed by atoms with Gasteiger partial charge < -0.3 is 13.9 Å². The van der Waals surface area contributed by atoms with Crippen LogP contribution in [0.25, 0.3) is 0 Å². The predicted molar refractivity (Wildman–Crippen MR) is 102 cm³/mol. The molecule has 2 atom stereocenters. The van der Waals surface area contributed by atoms with Crippen LogP contribution in [0.5, 0.6) is 0 Å². The molecule has 2 fully saturated rings. The van der Waals surface area contributed by atoms with Crippen molar-refractivity contribution in [2.45, 2.75) is 56.9 Å². The first-order chi connectivity index (χ1) is 13.2. The van der Waals surface area contributed by atoms with E-state index in [0.29, 0.717) is 30.7 Å². The van der Waals surface area contributed by atoms with Gasteiger partial charge in [-0.25, -0.2) is 0 Å². The Morgan fingerprint density at radius 2 is 1.85 bits per heavy atom. The highest BCUT2D eigenvalue weighted by atomic mass is 16.3. The molecular formula is C22H26N2O3. The molecule has 1 saturated carbocycles. The van der Waals surface area contributed by atoms with Crippen LogP contribution in [0, 0.1) is 5.92 Å². The molecule has 4 heterocycles. The smallest absolute Gasteiger partial charge is 0.289 e. The molecule has 0 aromatic carbocycles. The normalized spacial score (nSPS) is 25.3. The number of likely N-dealkylation sites (tertiary alicyclic amines) is 1. The van der Waals surface area contributed by atoms with Crippen LogP contribution in [-0.2, 0) is 6.54 Å². The maximum atomic E-state index is 13.2. The zero-order chi connectivity index (χ0) is 18.4. The summed E-state index contributed by atoms with van der Waals surface area (Å²) >= 11 is 0. The quantitative estimate of drug-likeness (QED) is 0.813. The minimum Gasteiger partial charge on any atom is -0.459 e. The van der Waals surface area contributed by atoms with Crippen molar-refractivity contribution in [1.82, 2.24) is 9.47 Å². The van der Waals surface area contributed by atoms with Gasteiger partial charge >= 0.3 is 0 Å². The standard InChI is InChI=1S/C22H26N2O3/c25-21-18(16-5-2-1-3-6-16)8-9-19-17-11-15(13-24(19)21)12-23(14-17)22(26)20-7-4-10-27-20/h4,7-10,15-17H,1-3,5-6,11-14H2. The molecular weight excluding hydrogens is 340 g/mol. The second-order valence-corrected chi connectivity index (χ2v) is 8.45. The number of hydrogen-bond acceptors (Lipinski definition) is 3. The molecule has 5 heteroatoms. The predicted octanol–water partition coefficient (Wildman–Crippen LogP) is 3.75. The molecule has 27 heavy (non-hydrogen) atoms. The molecule has 1 saturated heterocycles. The van der Waals surface area contributed by atoms with Gasteiger partial charge in [0.2, 0.25) is 0 Å². The number of rotatable bonds is 2. The highest BCUT2D eigenvalue weighted by Crippen LogP contribution is 2.37. The van der Waals surface area contributed by atoms with Crippen LogP contribution < -0.4 is 5.56 Å². The summed E-state index contributed by atoms with van der Waals surface area (Å²) in [5.74, 6) is 1.38. The van der Waals surface area contributed by atoms with Crippen LogP contribution in [0.2, 0.25) is 0 Å². The fourth-order valence-electron chi connectivity index (χ4n) is 5.41. The summed E-state index contributed by atoms with van der Waals surface area (Å²) in [6.45, 7) is 2.10. The van der Waals surface area contributed by atoms with E-state index in [1.54, 1.807) is 18.4 Å². The van der Waals surface area contributed by atoms with Gasteiger partial charge in [-0.1, -0.05) is 25.3 Å². The van der Waals surface area contributed by atoms with Gasteiger partial charge in [-0.3, -0.25) is 9.59 Å². The fourth-order valence-corrected chi connectivity index (χ4v) is 5.41. The Hall–Kier alpha value is -2.30. The number of carbonyl (C=O) groups excluding carboxylic acids is 1. The summed E-state index contributed by atoms with van der Waals surface area (Å²) in [6, 6.07) is 7.71. The number of fused-ring (bicyclic) bond motifs is 4. The van der Waals surface area contributed by atoms with E-state index in [2.05, 4.69) is 12.1 Å². The fraction of sp³-hybridized carbons (Fsp3) is 0.545. The summed E-state index contributed by atoms with van der Waals surface area (Å²) in [6.07, 6.45) is 8.66. The number of nitrogens with zero attached hydrogens (tertiary/aromatic N) is 2. The van der Waals surface area contributed by atoms with E-state index in [-0.39, 0.29) is 17.4 Å². The van der Waals surface area contributed by atoms with E-state index in [0.717, 1.165) is 37.1 Å². The number of hydrogen-bond donors (Lipinski definition) is 0. The van der Waals surface area contributed by atoms with Crippen molar-refractivity contribution in [3.8, 4) is 0 Å². The number of aromatic nitrogens is 1. The Morgan fingerprint density at radius 1 is 1.00 bits per heavy atom. The highest BCUT2D eigenvalue weighted by Gasteiger charge is 2.37. The Kier molecular flexibility index (Phi) is 4.18. The number of furan rings is 1. The maximum Gasteiger partial charge on any atom is 0.289 e. The third-order valence-electron chi connectivity index (χ3n) is 6.70. The number of pyridine rings is 1. The average molecular weight is 366 g/mol. The summed E-state index contributed by atoms with van der Waals surface area (Å²) in [5.41, 5.74) is 2.34. The maximum absolute atomic E-state index is 13.2. The van der Waals surface area contributed by atoms with Crippen LogP contribution in [-0.4, -0.2) is 28.5 Å². The van der Waals surface area contributed by atoms with Crippen LogP contribution in [0.3, 0.4) is 0 Å². The monoisotopic (exact) mass is 366 g/mol. The molecule has 2 unspecified atom stereocenters. The molecule has 2 aromatic heterocycles. The van der Waals surface area contributed by atoms with Crippen LogP contribution in [0.1, 0.15) is 72.2 Å². The Labute approximate surface area is 159 Å². The molecule has 3 aliphatic rings. The molecule has 5 nitrogen and oxygen atoms in total. The summed E-state index contributed by atoms with van der Waals surface area (Å²) in [5, 5.41) is 0. The van der Waals surface area contributed by atoms with Gasteiger partial charge in [0, 0.05) is 36.8 Å². The van der Waals surface area contributed by atoms with Crippen molar-refractivity contribution >= 4 is 5.91 Å². The number of carbonyl (C=O) groups is 1. The van der Waals surface area contributed by atoms with Crippen LogP contribution in [0.15, 0.2) is 39.7 Å². The minimum absolute atomic E-state index is 0.0377. The molecule has 2 aliphatic heterocycles. The van der Waals surface area contributed by atoms with Crippen molar-refractivity contribution in [3.63, 3.8) is 0 Å². The third kappa shape index (κ3) is 2.93. The summed E-state index contributed by atoms with van der Waals surface area (Å²) in [4.78, 5) is 27.8. The first-order valence-electron chi connectivity index (χ1n) is 10.3. The largest absolute Gasteiger partial charge is 0.459 e. The van der Waals surface area contributed by atoms with Crippen molar-refractivity contribution in [3.05, 3.63) is 57.9 Å². The van der Waals surface area contributed by atoms with Crippen LogP contribution >= 0.6 is 0 Å². The second kappa shape index (κ2) is 6.70. The van der Waals surface area contributed by atoms with Gasteiger partial charge in [0.05, 0.1) is 6.26 Å². The number of piperidine rings is 1. The molecule has 5 rings (SSSR count). The molecule has 0 N–H and O–H groups in total. The van der Waals surface area contributed by atoms with Crippen molar-refractivity contribution in [1.29, 1.82) is 0 Å². The molecule has 0 radical (unpaired) electrons. The lowest BCUT2D eigenvalue weighted by Gasteiger charge is -2.42. The molecule has 1 amide bonds. The summed E-state index contributed by atoms with van der Waals surface area (Å²) in [7, 11) is 0. The first kappa shape index (κ1) is 16.8. The zero-order valence-corrected chi connectivity index (χ0v) is 15.6. The molecule has 1 aliphatic carbocycles. The SMILES string of the molecule is O=C(c1ccco1)N1CC2CC(C1)c1ccc(C3CCCCC3)c(=O)n1C2. The lowest BCUT2D eigenvalue weighted by molar-refractivity contribution is 0.0563. The molecule has 0 spiro atoms. The third-order valence-corrected chi connectivity index (χ3v) is 6.70. The minimum atomic E-state index is -0.0377. The lowest BCUT2D eigenvalue weighted by Crippen LogP contribution is -2.49. The Balaban J connectivity index is 1.43. The molecule has 142 valence electrons. The topological polar surface area (TPSA) is 55.5 Å². The van der Waals surface area contributed by atoms with Crippen molar-refractivity contribution in [2.24, 2.45) is 5.92 Å². The van der Waals surface area contributed by atoms with Crippen molar-refractivity contribution < 1.29 is 9.21 Å². The van der Waals surface area contributed by atoms with E-state index in [1.165, 1.54) is 19.3 Å². The Bertz CT molecular complexity index is 893. The lowest BCUT2D eigenvalue weighted by atomic mass is 9.81. The first-order valence-corrected chi connectivity index (χ1v) is 10.3. The molecule has 2 aromatic rings. The van der Waals surface area contributed by atoms with E-state index >= 15 is 0 Å². The second-order valence-electron chi connectivity index (χ2n) is 8.45. The van der Waals surface area contributed by atoms with Crippen LogP contribution in [0.4, 0.5) is 0 Å². The Morgan fingerprint density at radius 3 is 2.63 bits per heavy atom. The van der Waals surface area contributed by atoms with E-state index in [1.807, 2.05) is 9.47 Å². The summed E-state index contributed by atoms with van der Waals surface area (Å²) < 4.78 is 7.32. The molecule has 2 bridgehead atoms. The van der Waals surface area contributed by atoms with Gasteiger partial charge in [0.15, 0.2) is 5.76 Å². The van der Waals surface area contributed by atoms with E-state index in [4.69, 9.17) is 4.42 Å².